The van der Waals surface area contributed by atoms with Crippen LogP contribution in [-0.4, -0.2) is 24.9 Å². The van der Waals surface area contributed by atoms with E-state index in [4.69, 9.17) is 9.15 Å². The second kappa shape index (κ2) is 8.14. The summed E-state index contributed by atoms with van der Waals surface area (Å²) in [4.78, 5) is 24.7. The van der Waals surface area contributed by atoms with Gasteiger partial charge in [0.25, 0.3) is 0 Å². The molecule has 1 aliphatic rings. The van der Waals surface area contributed by atoms with Crippen molar-refractivity contribution < 1.29 is 18.7 Å². The van der Waals surface area contributed by atoms with Crippen LogP contribution in [0.2, 0.25) is 0 Å². The Labute approximate surface area is 156 Å². The quantitative estimate of drug-likeness (QED) is 0.761. The third-order valence-electron chi connectivity index (χ3n) is 4.13. The monoisotopic (exact) mass is 372 g/mol. The maximum atomic E-state index is 12.5. The van der Waals surface area contributed by atoms with Gasteiger partial charge < -0.3 is 19.8 Å². The fourth-order valence-corrected chi connectivity index (χ4v) is 3.77. The predicted molar refractivity (Wildman–Crippen MR) is 99.5 cm³/mol. The SMILES string of the molecule is COC(=O)C1=C(CSCc2ccco2)NC(=O)NC1c1ccccc1C. The van der Waals surface area contributed by atoms with Crippen molar-refractivity contribution in [2.45, 2.75) is 18.7 Å². The van der Waals surface area contributed by atoms with Crippen LogP contribution in [0.25, 0.3) is 0 Å². The summed E-state index contributed by atoms with van der Waals surface area (Å²) in [5, 5.41) is 5.59. The molecule has 0 radical (unpaired) electrons. The van der Waals surface area contributed by atoms with Gasteiger partial charge in [-0.05, 0) is 30.2 Å². The van der Waals surface area contributed by atoms with E-state index in [0.717, 1.165) is 16.9 Å². The van der Waals surface area contributed by atoms with E-state index in [1.807, 2.05) is 43.3 Å². The Balaban J connectivity index is 1.91. The lowest BCUT2D eigenvalue weighted by atomic mass is 9.92. The van der Waals surface area contributed by atoms with Crippen molar-refractivity contribution in [1.29, 1.82) is 0 Å². The molecule has 1 atom stereocenters. The minimum atomic E-state index is -0.545. The Hall–Kier alpha value is -2.67. The van der Waals surface area contributed by atoms with Gasteiger partial charge in [0.1, 0.15) is 5.76 Å². The Morgan fingerprint density at radius 3 is 2.73 bits per heavy atom. The number of urea groups is 1. The van der Waals surface area contributed by atoms with Crippen LogP contribution in [0.1, 0.15) is 22.9 Å². The van der Waals surface area contributed by atoms with Crippen molar-refractivity contribution in [2.75, 3.05) is 12.9 Å². The first-order valence-corrected chi connectivity index (χ1v) is 9.30. The molecule has 7 heteroatoms. The van der Waals surface area contributed by atoms with Gasteiger partial charge in [-0.3, -0.25) is 0 Å². The molecule has 1 aromatic heterocycles. The Bertz CT molecular complexity index is 830. The Kier molecular flexibility index (Phi) is 5.68. The third-order valence-corrected chi connectivity index (χ3v) is 5.11. The van der Waals surface area contributed by atoms with E-state index in [1.54, 1.807) is 18.0 Å². The first-order valence-electron chi connectivity index (χ1n) is 8.14. The fraction of sp³-hybridized carbons (Fsp3) is 0.263. The van der Waals surface area contributed by atoms with Crippen molar-refractivity contribution in [1.82, 2.24) is 10.6 Å². The second-order valence-corrected chi connectivity index (χ2v) is 6.83. The molecule has 2 aromatic rings. The molecule has 2 N–H and O–H groups in total. The van der Waals surface area contributed by atoms with E-state index < -0.39 is 12.0 Å². The highest BCUT2D eigenvalue weighted by atomic mass is 32.2. The number of ether oxygens (including phenoxy) is 1. The van der Waals surface area contributed by atoms with Crippen LogP contribution in [0, 0.1) is 6.92 Å². The van der Waals surface area contributed by atoms with E-state index in [0.29, 0.717) is 22.8 Å². The largest absolute Gasteiger partial charge is 0.468 e. The number of thioether (sulfide) groups is 1. The van der Waals surface area contributed by atoms with E-state index in [-0.39, 0.29) is 6.03 Å². The van der Waals surface area contributed by atoms with E-state index >= 15 is 0 Å². The molecule has 3 rings (SSSR count). The summed E-state index contributed by atoms with van der Waals surface area (Å²) in [6, 6.07) is 10.5. The smallest absolute Gasteiger partial charge is 0.338 e. The highest BCUT2D eigenvalue weighted by molar-refractivity contribution is 7.98. The van der Waals surface area contributed by atoms with Crippen molar-refractivity contribution in [3.05, 3.63) is 70.8 Å². The molecular formula is C19H20N2O4S. The summed E-state index contributed by atoms with van der Waals surface area (Å²) in [7, 11) is 1.34. The number of benzene rings is 1. The number of furan rings is 1. The summed E-state index contributed by atoms with van der Waals surface area (Å²) in [5.74, 6) is 1.48. The number of aryl methyl sites for hydroxylation is 1. The average molecular weight is 372 g/mol. The predicted octanol–water partition coefficient (Wildman–Crippen LogP) is 3.30. The molecule has 2 heterocycles. The molecule has 0 aliphatic carbocycles. The molecular weight excluding hydrogens is 352 g/mol. The topological polar surface area (TPSA) is 80.6 Å². The number of methoxy groups -OCH3 is 1. The highest BCUT2D eigenvalue weighted by Gasteiger charge is 2.33. The third kappa shape index (κ3) is 3.94. The molecule has 136 valence electrons. The van der Waals surface area contributed by atoms with Gasteiger partial charge in [0, 0.05) is 11.4 Å². The lowest BCUT2D eigenvalue weighted by molar-refractivity contribution is -0.136. The number of carbonyl (C=O) groups excluding carboxylic acids is 2. The minimum Gasteiger partial charge on any atom is -0.468 e. The first-order chi connectivity index (χ1) is 12.6. The van der Waals surface area contributed by atoms with Gasteiger partial charge in [-0.25, -0.2) is 9.59 Å². The zero-order chi connectivity index (χ0) is 18.5. The molecule has 0 saturated carbocycles. The normalized spacial score (nSPS) is 16.8. The van der Waals surface area contributed by atoms with Crippen molar-refractivity contribution in [3.8, 4) is 0 Å². The summed E-state index contributed by atoms with van der Waals surface area (Å²) in [6.45, 7) is 1.95. The van der Waals surface area contributed by atoms with Crippen LogP contribution < -0.4 is 10.6 Å². The number of amides is 2. The lowest BCUT2D eigenvalue weighted by Crippen LogP contribution is -2.46. The van der Waals surface area contributed by atoms with Crippen molar-refractivity contribution in [2.24, 2.45) is 0 Å². The van der Waals surface area contributed by atoms with E-state index in [1.165, 1.54) is 7.11 Å². The average Bonchev–Trinajstić information content (AvgIpc) is 3.14. The van der Waals surface area contributed by atoms with E-state index in [2.05, 4.69) is 10.6 Å². The summed E-state index contributed by atoms with van der Waals surface area (Å²) >= 11 is 1.55. The summed E-state index contributed by atoms with van der Waals surface area (Å²) in [6.07, 6.45) is 1.62. The minimum absolute atomic E-state index is 0.334. The maximum absolute atomic E-state index is 12.5. The molecule has 1 unspecified atom stereocenters. The highest BCUT2D eigenvalue weighted by Crippen LogP contribution is 2.31. The molecule has 0 fully saturated rings. The van der Waals surface area contributed by atoms with Crippen LogP contribution in [0.3, 0.4) is 0 Å². The zero-order valence-corrected chi connectivity index (χ0v) is 15.4. The molecule has 2 amide bonds. The van der Waals surface area contributed by atoms with Crippen LogP contribution >= 0.6 is 11.8 Å². The molecule has 26 heavy (non-hydrogen) atoms. The first kappa shape index (κ1) is 18.1. The maximum Gasteiger partial charge on any atom is 0.338 e. The lowest BCUT2D eigenvalue weighted by Gasteiger charge is -2.30. The van der Waals surface area contributed by atoms with Crippen LogP contribution in [0.4, 0.5) is 4.79 Å². The van der Waals surface area contributed by atoms with Crippen LogP contribution in [0.15, 0.2) is 58.3 Å². The summed E-state index contributed by atoms with van der Waals surface area (Å²) < 4.78 is 10.3. The van der Waals surface area contributed by atoms with Gasteiger partial charge in [0.05, 0.1) is 30.7 Å². The number of hydrogen-bond acceptors (Lipinski definition) is 5. The summed E-state index contributed by atoms with van der Waals surface area (Å²) in [5.41, 5.74) is 2.85. The fourth-order valence-electron chi connectivity index (χ4n) is 2.88. The second-order valence-electron chi connectivity index (χ2n) is 5.84. The number of rotatable bonds is 6. The molecule has 0 bridgehead atoms. The van der Waals surface area contributed by atoms with E-state index in [9.17, 15) is 9.59 Å². The number of carbonyl (C=O) groups is 2. The van der Waals surface area contributed by atoms with Crippen molar-refractivity contribution in [3.63, 3.8) is 0 Å². The zero-order valence-electron chi connectivity index (χ0n) is 14.6. The number of nitrogens with one attached hydrogen (secondary N) is 2. The van der Waals surface area contributed by atoms with Crippen LogP contribution in [-0.2, 0) is 15.3 Å². The van der Waals surface area contributed by atoms with Gasteiger partial charge in [-0.2, -0.15) is 0 Å². The van der Waals surface area contributed by atoms with Crippen LogP contribution in [0.5, 0.6) is 0 Å². The van der Waals surface area contributed by atoms with Gasteiger partial charge >= 0.3 is 12.0 Å². The van der Waals surface area contributed by atoms with Gasteiger partial charge in [0.2, 0.25) is 0 Å². The number of hydrogen-bond donors (Lipinski definition) is 2. The van der Waals surface area contributed by atoms with Gasteiger partial charge in [-0.15, -0.1) is 11.8 Å². The van der Waals surface area contributed by atoms with Gasteiger partial charge in [-0.1, -0.05) is 24.3 Å². The van der Waals surface area contributed by atoms with Gasteiger partial charge in [0.15, 0.2) is 0 Å². The number of esters is 1. The molecule has 0 saturated heterocycles. The molecule has 1 aromatic carbocycles. The standard InChI is InChI=1S/C19H20N2O4S/c1-12-6-3-4-8-14(12)17-16(18(22)24-2)15(20-19(23)21-17)11-26-10-13-7-5-9-25-13/h3-9,17H,10-11H2,1-2H3,(H2,20,21,23). The molecule has 0 spiro atoms. The van der Waals surface area contributed by atoms with Crippen molar-refractivity contribution >= 4 is 23.8 Å². The Morgan fingerprint density at radius 1 is 1.23 bits per heavy atom. The molecule has 1 aliphatic heterocycles. The Morgan fingerprint density at radius 2 is 2.04 bits per heavy atom. The molecule has 6 nitrogen and oxygen atoms in total.